The highest BCUT2D eigenvalue weighted by atomic mass is 16.5. The number of carbonyl (C=O) groups is 1. The van der Waals surface area contributed by atoms with Crippen LogP contribution in [0.1, 0.15) is 29.9 Å². The molecule has 1 fully saturated rings. The van der Waals surface area contributed by atoms with Gasteiger partial charge in [0.05, 0.1) is 12.0 Å². The molecule has 1 N–H and O–H groups in total. The molecule has 0 spiro atoms. The molecule has 3 heteroatoms. The Labute approximate surface area is 75.5 Å². The zero-order valence-corrected chi connectivity index (χ0v) is 7.57. The van der Waals surface area contributed by atoms with Crippen LogP contribution in [0.4, 0.5) is 0 Å². The molecular weight excluding hydrogens is 156 g/mol. The zero-order chi connectivity index (χ0) is 11.1. The molecule has 0 aromatic rings. The van der Waals surface area contributed by atoms with Crippen molar-refractivity contribution >= 4 is 5.97 Å². The first-order valence-electron chi connectivity index (χ1n) is 5.13. The maximum Gasteiger partial charge on any atom is 0.311 e. The van der Waals surface area contributed by atoms with E-state index in [0.717, 1.165) is 0 Å². The van der Waals surface area contributed by atoms with Gasteiger partial charge < -0.3 is 9.84 Å². The van der Waals surface area contributed by atoms with Crippen molar-refractivity contribution in [1.82, 2.24) is 0 Å². The summed E-state index contributed by atoms with van der Waals surface area (Å²) < 4.78 is 19.9. The van der Waals surface area contributed by atoms with Crippen LogP contribution < -0.4 is 0 Å². The van der Waals surface area contributed by atoms with Crippen LogP contribution in [0.5, 0.6) is 0 Å². The van der Waals surface area contributed by atoms with Gasteiger partial charge in [-0.3, -0.25) is 4.79 Å². The van der Waals surface area contributed by atoms with Gasteiger partial charge in [-0.05, 0) is 13.3 Å². The SMILES string of the molecule is [2H]C([2H])(C)[C@H]1OC(=O)[C@H](C)[C@@H](O)[C@H]1C. The van der Waals surface area contributed by atoms with E-state index in [1.807, 2.05) is 0 Å². The summed E-state index contributed by atoms with van der Waals surface area (Å²) in [7, 11) is 0. The van der Waals surface area contributed by atoms with Crippen molar-refractivity contribution in [2.24, 2.45) is 11.8 Å². The van der Waals surface area contributed by atoms with Gasteiger partial charge >= 0.3 is 5.97 Å². The Balaban J connectivity index is 2.86. The maximum absolute atomic E-state index is 11.3. The predicted octanol–water partition coefficient (Wildman–Crippen LogP) is 0.955. The molecule has 1 saturated heterocycles. The maximum atomic E-state index is 11.3. The third kappa shape index (κ3) is 1.46. The Hall–Kier alpha value is -0.570. The lowest BCUT2D eigenvalue weighted by Gasteiger charge is -2.35. The van der Waals surface area contributed by atoms with Crippen LogP contribution in [-0.4, -0.2) is 23.3 Å². The molecule has 0 radical (unpaired) electrons. The molecule has 1 aliphatic heterocycles. The summed E-state index contributed by atoms with van der Waals surface area (Å²) in [5, 5.41) is 9.68. The number of aliphatic hydroxyl groups is 1. The second-order valence-corrected chi connectivity index (χ2v) is 3.28. The summed E-state index contributed by atoms with van der Waals surface area (Å²) in [6, 6.07) is 0. The molecule has 0 aromatic heterocycles. The van der Waals surface area contributed by atoms with Gasteiger partial charge in [0.2, 0.25) is 0 Å². The van der Waals surface area contributed by atoms with Crippen molar-refractivity contribution in [3.63, 3.8) is 0 Å². The van der Waals surface area contributed by atoms with Gasteiger partial charge in [0.25, 0.3) is 0 Å². The summed E-state index contributed by atoms with van der Waals surface area (Å²) in [5.74, 6) is -1.46. The molecule has 70 valence electrons. The number of ether oxygens (including phenoxy) is 1. The Morgan fingerprint density at radius 3 is 2.75 bits per heavy atom. The fourth-order valence-electron chi connectivity index (χ4n) is 1.44. The number of esters is 1. The number of aliphatic hydroxyl groups excluding tert-OH is 1. The van der Waals surface area contributed by atoms with Crippen LogP contribution in [0.3, 0.4) is 0 Å². The largest absolute Gasteiger partial charge is 0.462 e. The normalized spacial score (nSPS) is 46.2. The number of cyclic esters (lactones) is 1. The first-order valence-corrected chi connectivity index (χ1v) is 4.13. The van der Waals surface area contributed by atoms with Gasteiger partial charge in [-0.2, -0.15) is 0 Å². The summed E-state index contributed by atoms with van der Waals surface area (Å²) in [5.41, 5.74) is 0. The van der Waals surface area contributed by atoms with E-state index in [1.54, 1.807) is 13.8 Å². The van der Waals surface area contributed by atoms with E-state index in [0.29, 0.717) is 0 Å². The minimum Gasteiger partial charge on any atom is -0.462 e. The molecule has 12 heavy (non-hydrogen) atoms. The van der Waals surface area contributed by atoms with Crippen LogP contribution in [-0.2, 0) is 9.53 Å². The van der Waals surface area contributed by atoms with Crippen molar-refractivity contribution in [1.29, 1.82) is 0 Å². The summed E-state index contributed by atoms with van der Waals surface area (Å²) in [6.45, 7) is 4.63. The van der Waals surface area contributed by atoms with Crippen LogP contribution >= 0.6 is 0 Å². The van der Waals surface area contributed by atoms with Crippen molar-refractivity contribution in [2.75, 3.05) is 0 Å². The fraction of sp³-hybridized carbons (Fsp3) is 0.889. The van der Waals surface area contributed by atoms with Gasteiger partial charge in [0, 0.05) is 8.66 Å². The van der Waals surface area contributed by atoms with E-state index in [2.05, 4.69) is 0 Å². The molecular formula is C9H16O3. The van der Waals surface area contributed by atoms with Crippen molar-refractivity contribution in [3.05, 3.63) is 0 Å². The van der Waals surface area contributed by atoms with Crippen LogP contribution in [0.25, 0.3) is 0 Å². The highest BCUT2D eigenvalue weighted by Gasteiger charge is 2.39. The topological polar surface area (TPSA) is 46.5 Å². The van der Waals surface area contributed by atoms with Crippen LogP contribution in [0, 0.1) is 11.8 Å². The molecule has 0 bridgehead atoms. The first kappa shape index (κ1) is 6.89. The highest BCUT2D eigenvalue weighted by Crippen LogP contribution is 2.27. The molecule has 1 heterocycles. The monoisotopic (exact) mass is 174 g/mol. The second kappa shape index (κ2) is 3.44. The molecule has 4 atom stereocenters. The van der Waals surface area contributed by atoms with E-state index in [-0.39, 0.29) is 5.92 Å². The summed E-state index contributed by atoms with van der Waals surface area (Å²) in [6.07, 6.45) is -3.30. The number of hydrogen-bond acceptors (Lipinski definition) is 3. The van der Waals surface area contributed by atoms with E-state index in [4.69, 9.17) is 7.48 Å². The molecule has 3 nitrogen and oxygen atoms in total. The number of carbonyl (C=O) groups excluding carboxylic acids is 1. The smallest absolute Gasteiger partial charge is 0.311 e. The van der Waals surface area contributed by atoms with Gasteiger partial charge in [0.1, 0.15) is 6.10 Å². The number of hydrogen-bond donors (Lipinski definition) is 1. The van der Waals surface area contributed by atoms with Crippen LogP contribution in [0.2, 0.25) is 0 Å². The minimum atomic E-state index is -1.61. The lowest BCUT2D eigenvalue weighted by atomic mass is 9.85. The fourth-order valence-corrected chi connectivity index (χ4v) is 1.44. The minimum absolute atomic E-state index is 0.373. The zero-order valence-electron chi connectivity index (χ0n) is 9.57. The lowest BCUT2D eigenvalue weighted by molar-refractivity contribution is -0.177. The predicted molar refractivity (Wildman–Crippen MR) is 44.5 cm³/mol. The Kier molecular flexibility index (Phi) is 1.97. The molecule has 1 aliphatic rings. The summed E-state index contributed by atoms with van der Waals surface area (Å²) in [4.78, 5) is 11.3. The van der Waals surface area contributed by atoms with Gasteiger partial charge in [-0.25, -0.2) is 0 Å². The van der Waals surface area contributed by atoms with E-state index >= 15 is 0 Å². The standard InChI is InChI=1S/C9H16O3/c1-4-7-5(2)8(10)6(3)9(11)12-7/h5-8,10H,4H2,1-3H3/t5-,6+,7+,8-/m0/s1/i4D2. The van der Waals surface area contributed by atoms with Gasteiger partial charge in [-0.15, -0.1) is 0 Å². The molecule has 0 unspecified atom stereocenters. The second-order valence-electron chi connectivity index (χ2n) is 3.28. The summed E-state index contributed by atoms with van der Waals surface area (Å²) >= 11 is 0. The average molecular weight is 174 g/mol. The van der Waals surface area contributed by atoms with E-state index < -0.39 is 30.5 Å². The molecule has 0 aliphatic carbocycles. The third-order valence-electron chi connectivity index (χ3n) is 2.43. The molecule has 1 rings (SSSR count). The highest BCUT2D eigenvalue weighted by molar-refractivity contribution is 5.73. The Morgan fingerprint density at radius 1 is 1.67 bits per heavy atom. The quantitative estimate of drug-likeness (QED) is 0.602. The number of rotatable bonds is 1. The average Bonchev–Trinajstić information content (AvgIpc) is 2.06. The Morgan fingerprint density at radius 2 is 2.25 bits per heavy atom. The van der Waals surface area contributed by atoms with Gasteiger partial charge in [-0.1, -0.05) is 13.8 Å². The van der Waals surface area contributed by atoms with Crippen molar-refractivity contribution < 1.29 is 17.4 Å². The molecule has 0 amide bonds. The lowest BCUT2D eigenvalue weighted by Crippen LogP contribution is -2.46. The molecule has 0 aromatic carbocycles. The van der Waals surface area contributed by atoms with E-state index in [1.165, 1.54) is 6.92 Å². The molecule has 0 saturated carbocycles. The Bertz CT molecular complexity index is 237. The third-order valence-corrected chi connectivity index (χ3v) is 2.43. The van der Waals surface area contributed by atoms with Gasteiger partial charge in [0.15, 0.2) is 0 Å². The van der Waals surface area contributed by atoms with E-state index in [9.17, 15) is 9.90 Å². The van der Waals surface area contributed by atoms with Crippen molar-refractivity contribution in [3.8, 4) is 0 Å². The van der Waals surface area contributed by atoms with Crippen molar-refractivity contribution in [2.45, 2.75) is 39.4 Å². The first-order chi connectivity index (χ1) is 6.25. The van der Waals surface area contributed by atoms with Crippen LogP contribution in [0.15, 0.2) is 0 Å².